The third-order valence-electron chi connectivity index (χ3n) is 3.29. The van der Waals surface area contributed by atoms with Gasteiger partial charge in [-0.2, -0.15) is 0 Å². The summed E-state index contributed by atoms with van der Waals surface area (Å²) in [7, 11) is 2.10. The van der Waals surface area contributed by atoms with E-state index in [0.717, 1.165) is 24.7 Å². The number of nitrogens with one attached hydrogen (secondary N) is 1. The van der Waals surface area contributed by atoms with Crippen molar-refractivity contribution in [3.8, 4) is 0 Å². The van der Waals surface area contributed by atoms with Crippen LogP contribution in [0, 0.1) is 0 Å². The van der Waals surface area contributed by atoms with E-state index in [-0.39, 0.29) is 5.91 Å². The van der Waals surface area contributed by atoms with Gasteiger partial charge in [-0.3, -0.25) is 4.79 Å². The minimum atomic E-state index is -0.0725. The normalized spacial score (nSPS) is 14.8. The van der Waals surface area contributed by atoms with Gasteiger partial charge in [-0.05, 0) is 26.3 Å². The van der Waals surface area contributed by atoms with E-state index in [1.807, 2.05) is 6.92 Å². The molecular formula is C13H20N4O. The molecule has 5 nitrogen and oxygen atoms in total. The topological polar surface area (TPSA) is 58.1 Å². The maximum Gasteiger partial charge on any atom is 0.254 e. The van der Waals surface area contributed by atoms with Crippen LogP contribution in [-0.4, -0.2) is 47.0 Å². The van der Waals surface area contributed by atoms with Gasteiger partial charge in [-0.15, -0.1) is 0 Å². The number of hydrogen-bond donors (Lipinski definition) is 1. The molecule has 0 saturated heterocycles. The standard InChI is InChI=1S/C13H20N4O/c1-3-12-11(8-14-9-16-12)13(18)15-6-7-17(2)10-4-5-10/h8-10H,3-7H2,1-2H3,(H,15,18). The number of aryl methyl sites for hydroxylation is 1. The van der Waals surface area contributed by atoms with E-state index in [2.05, 4.69) is 27.2 Å². The number of aromatic nitrogens is 2. The zero-order valence-corrected chi connectivity index (χ0v) is 11.0. The Balaban J connectivity index is 1.83. The molecule has 1 N–H and O–H groups in total. The summed E-state index contributed by atoms with van der Waals surface area (Å²) in [6.07, 6.45) is 6.39. The molecule has 1 saturated carbocycles. The molecule has 1 aromatic heterocycles. The summed E-state index contributed by atoms with van der Waals surface area (Å²) in [5.41, 5.74) is 1.40. The average molecular weight is 248 g/mol. The largest absolute Gasteiger partial charge is 0.351 e. The molecule has 0 unspecified atom stereocenters. The summed E-state index contributed by atoms with van der Waals surface area (Å²) < 4.78 is 0. The van der Waals surface area contributed by atoms with Gasteiger partial charge in [0, 0.05) is 25.3 Å². The van der Waals surface area contributed by atoms with Crippen molar-refractivity contribution in [1.82, 2.24) is 20.2 Å². The van der Waals surface area contributed by atoms with Crippen molar-refractivity contribution >= 4 is 5.91 Å². The number of nitrogens with zero attached hydrogens (tertiary/aromatic N) is 3. The Bertz CT molecular complexity index is 417. The number of amides is 1. The van der Waals surface area contributed by atoms with Gasteiger partial charge in [0.25, 0.3) is 5.91 Å². The predicted molar refractivity (Wildman–Crippen MR) is 69.4 cm³/mol. The van der Waals surface area contributed by atoms with Gasteiger partial charge in [-0.25, -0.2) is 9.97 Å². The van der Waals surface area contributed by atoms with Crippen LogP contribution < -0.4 is 5.32 Å². The molecule has 1 amide bonds. The number of hydrogen-bond acceptors (Lipinski definition) is 4. The second-order valence-corrected chi connectivity index (χ2v) is 4.70. The van der Waals surface area contributed by atoms with Gasteiger partial charge >= 0.3 is 0 Å². The highest BCUT2D eigenvalue weighted by atomic mass is 16.1. The van der Waals surface area contributed by atoms with Crippen molar-refractivity contribution in [2.24, 2.45) is 0 Å². The maximum atomic E-state index is 12.0. The van der Waals surface area contributed by atoms with E-state index >= 15 is 0 Å². The van der Waals surface area contributed by atoms with Crippen LogP contribution in [0.3, 0.4) is 0 Å². The predicted octanol–water partition coefficient (Wildman–Crippen LogP) is 0.863. The quantitative estimate of drug-likeness (QED) is 0.811. The molecular weight excluding hydrogens is 228 g/mol. The van der Waals surface area contributed by atoms with Crippen LogP contribution in [0.4, 0.5) is 0 Å². The molecule has 18 heavy (non-hydrogen) atoms. The molecule has 5 heteroatoms. The van der Waals surface area contributed by atoms with E-state index in [4.69, 9.17) is 0 Å². The van der Waals surface area contributed by atoms with Gasteiger partial charge in [-0.1, -0.05) is 6.92 Å². The lowest BCUT2D eigenvalue weighted by atomic mass is 10.2. The van der Waals surface area contributed by atoms with Crippen molar-refractivity contribution < 1.29 is 4.79 Å². The first kappa shape index (κ1) is 13.0. The highest BCUT2D eigenvalue weighted by Crippen LogP contribution is 2.24. The van der Waals surface area contributed by atoms with Gasteiger partial charge in [0.15, 0.2) is 0 Å². The first-order valence-electron chi connectivity index (χ1n) is 6.49. The first-order chi connectivity index (χ1) is 8.72. The Kier molecular flexibility index (Phi) is 4.25. The molecule has 1 aromatic rings. The van der Waals surface area contributed by atoms with Crippen molar-refractivity contribution in [2.45, 2.75) is 32.2 Å². The fraction of sp³-hybridized carbons (Fsp3) is 0.615. The van der Waals surface area contributed by atoms with Crippen LogP contribution in [0.5, 0.6) is 0 Å². The van der Waals surface area contributed by atoms with E-state index in [9.17, 15) is 4.79 Å². The fourth-order valence-corrected chi connectivity index (χ4v) is 1.97. The number of likely N-dealkylation sites (N-methyl/N-ethyl adjacent to an activating group) is 1. The zero-order chi connectivity index (χ0) is 13.0. The summed E-state index contributed by atoms with van der Waals surface area (Å²) in [5.74, 6) is -0.0725. The zero-order valence-electron chi connectivity index (χ0n) is 11.0. The second-order valence-electron chi connectivity index (χ2n) is 4.70. The smallest absolute Gasteiger partial charge is 0.254 e. The van der Waals surface area contributed by atoms with Crippen LogP contribution in [0.1, 0.15) is 35.8 Å². The van der Waals surface area contributed by atoms with Crippen molar-refractivity contribution in [1.29, 1.82) is 0 Å². The Morgan fingerprint density at radius 3 is 3.00 bits per heavy atom. The van der Waals surface area contributed by atoms with Crippen LogP contribution in [0.25, 0.3) is 0 Å². The molecule has 0 radical (unpaired) electrons. The molecule has 0 atom stereocenters. The first-order valence-corrected chi connectivity index (χ1v) is 6.49. The van der Waals surface area contributed by atoms with Gasteiger partial charge < -0.3 is 10.2 Å². The Labute approximate surface area is 108 Å². The van der Waals surface area contributed by atoms with Crippen LogP contribution in [0.2, 0.25) is 0 Å². The summed E-state index contributed by atoms with van der Waals surface area (Å²) in [6.45, 7) is 3.55. The summed E-state index contributed by atoms with van der Waals surface area (Å²) in [5, 5.41) is 2.93. The molecule has 1 fully saturated rings. The third kappa shape index (κ3) is 3.26. The van der Waals surface area contributed by atoms with Crippen LogP contribution in [0.15, 0.2) is 12.5 Å². The van der Waals surface area contributed by atoms with E-state index in [0.29, 0.717) is 12.1 Å². The monoisotopic (exact) mass is 248 g/mol. The molecule has 0 aromatic carbocycles. The van der Waals surface area contributed by atoms with Gasteiger partial charge in [0.2, 0.25) is 0 Å². The Morgan fingerprint density at radius 2 is 2.33 bits per heavy atom. The molecule has 0 bridgehead atoms. The van der Waals surface area contributed by atoms with Crippen LogP contribution >= 0.6 is 0 Å². The minimum absolute atomic E-state index is 0.0725. The molecule has 1 aliphatic carbocycles. The highest BCUT2D eigenvalue weighted by molar-refractivity contribution is 5.94. The molecule has 98 valence electrons. The lowest BCUT2D eigenvalue weighted by molar-refractivity contribution is 0.0947. The maximum absolute atomic E-state index is 12.0. The Hall–Kier alpha value is -1.49. The lowest BCUT2D eigenvalue weighted by Crippen LogP contribution is -2.34. The summed E-state index contributed by atoms with van der Waals surface area (Å²) >= 11 is 0. The molecule has 1 heterocycles. The lowest BCUT2D eigenvalue weighted by Gasteiger charge is -2.15. The number of rotatable bonds is 6. The molecule has 2 rings (SSSR count). The molecule has 0 spiro atoms. The summed E-state index contributed by atoms with van der Waals surface area (Å²) in [4.78, 5) is 22.3. The van der Waals surface area contributed by atoms with Gasteiger partial charge in [0.05, 0.1) is 11.3 Å². The fourth-order valence-electron chi connectivity index (χ4n) is 1.97. The van der Waals surface area contributed by atoms with Crippen molar-refractivity contribution in [3.63, 3.8) is 0 Å². The SMILES string of the molecule is CCc1ncncc1C(=O)NCCN(C)C1CC1. The molecule has 1 aliphatic rings. The Morgan fingerprint density at radius 1 is 1.56 bits per heavy atom. The number of carbonyl (C=O) groups excluding carboxylic acids is 1. The van der Waals surface area contributed by atoms with E-state index < -0.39 is 0 Å². The van der Waals surface area contributed by atoms with Gasteiger partial charge in [0.1, 0.15) is 6.33 Å². The third-order valence-corrected chi connectivity index (χ3v) is 3.29. The van der Waals surface area contributed by atoms with E-state index in [1.165, 1.54) is 19.2 Å². The second kappa shape index (κ2) is 5.91. The minimum Gasteiger partial charge on any atom is -0.351 e. The number of carbonyl (C=O) groups is 1. The van der Waals surface area contributed by atoms with Crippen molar-refractivity contribution in [2.75, 3.05) is 20.1 Å². The highest BCUT2D eigenvalue weighted by Gasteiger charge is 2.25. The molecule has 0 aliphatic heterocycles. The van der Waals surface area contributed by atoms with Crippen molar-refractivity contribution in [3.05, 3.63) is 23.8 Å². The van der Waals surface area contributed by atoms with Crippen LogP contribution in [-0.2, 0) is 6.42 Å². The average Bonchev–Trinajstić information content (AvgIpc) is 3.22. The van der Waals surface area contributed by atoms with E-state index in [1.54, 1.807) is 6.20 Å². The summed E-state index contributed by atoms with van der Waals surface area (Å²) in [6, 6.07) is 0.730.